The summed E-state index contributed by atoms with van der Waals surface area (Å²) in [5.74, 6) is 2.10. The van der Waals surface area contributed by atoms with Crippen LogP contribution in [0, 0.1) is 28.6 Å². The molecular formula is C20H23NO2S. The first-order valence-corrected chi connectivity index (χ1v) is 10.1. The van der Waals surface area contributed by atoms with Crippen LogP contribution in [-0.4, -0.2) is 22.6 Å². The van der Waals surface area contributed by atoms with Crippen LogP contribution < -0.4 is 0 Å². The molecule has 0 saturated heterocycles. The number of hydrogen-bond acceptors (Lipinski definition) is 4. The summed E-state index contributed by atoms with van der Waals surface area (Å²) >= 11 is 1.71. The van der Waals surface area contributed by atoms with E-state index in [0.717, 1.165) is 38.5 Å². The molecule has 0 aliphatic heterocycles. The van der Waals surface area contributed by atoms with Crippen LogP contribution in [0.2, 0.25) is 0 Å². The van der Waals surface area contributed by atoms with Crippen LogP contribution in [-0.2, 0) is 9.59 Å². The summed E-state index contributed by atoms with van der Waals surface area (Å²) in [6.45, 7) is 2.17. The molecule has 0 unspecified atom stereocenters. The zero-order valence-electron chi connectivity index (χ0n) is 14.1. The second-order valence-corrected chi connectivity index (χ2v) is 9.05. The summed E-state index contributed by atoms with van der Waals surface area (Å²) in [6.07, 6.45) is 7.99. The number of Topliss-reactive ketones (excluding diaryl/α,β-unsaturated/α-hetero) is 1. The number of ketones is 2. The molecule has 0 heterocycles. The Bertz CT molecular complexity index is 714. The third-order valence-electron chi connectivity index (χ3n) is 6.75. The molecule has 4 rings (SSSR count). The Morgan fingerprint density at radius 3 is 2.88 bits per heavy atom. The van der Waals surface area contributed by atoms with Gasteiger partial charge in [0.15, 0.2) is 5.78 Å². The Kier molecular flexibility index (Phi) is 3.95. The Hall–Kier alpha value is -1.34. The minimum absolute atomic E-state index is 0.201. The highest BCUT2D eigenvalue weighted by Gasteiger charge is 2.56. The molecule has 24 heavy (non-hydrogen) atoms. The predicted molar refractivity (Wildman–Crippen MR) is 94.4 cm³/mol. The molecule has 4 aliphatic carbocycles. The zero-order valence-corrected chi connectivity index (χ0v) is 15.0. The van der Waals surface area contributed by atoms with Crippen molar-refractivity contribution in [3.63, 3.8) is 0 Å². The summed E-state index contributed by atoms with van der Waals surface area (Å²) in [6, 6.07) is 2.26. The number of allylic oxidation sites excluding steroid dienone is 3. The Morgan fingerprint density at radius 2 is 2.08 bits per heavy atom. The number of carbonyl (C=O) groups excluding carboxylic acids is 2. The molecule has 0 bridgehead atoms. The van der Waals surface area contributed by atoms with Crippen molar-refractivity contribution in [2.24, 2.45) is 17.3 Å². The maximum atomic E-state index is 12.6. The number of carbonyl (C=O) groups is 2. The van der Waals surface area contributed by atoms with Crippen LogP contribution in [0.25, 0.3) is 0 Å². The van der Waals surface area contributed by atoms with Gasteiger partial charge in [-0.1, -0.05) is 12.5 Å². The van der Waals surface area contributed by atoms with E-state index in [-0.39, 0.29) is 16.4 Å². The molecule has 0 spiro atoms. The number of fused-ring (bicyclic) bond motifs is 4. The van der Waals surface area contributed by atoms with Gasteiger partial charge in [-0.25, -0.2) is 0 Å². The van der Waals surface area contributed by atoms with E-state index in [1.54, 1.807) is 11.8 Å². The van der Waals surface area contributed by atoms with Crippen LogP contribution in [0.5, 0.6) is 0 Å². The van der Waals surface area contributed by atoms with E-state index in [4.69, 9.17) is 5.26 Å². The lowest BCUT2D eigenvalue weighted by molar-refractivity contribution is -0.127. The SMILES string of the molecule is C[C@]12C[C@H](SCC#N)C3=C4CCC(=O)C=C4CC[C@H]3[C@@H]1CCC2=O. The molecule has 0 aromatic rings. The fourth-order valence-electron chi connectivity index (χ4n) is 5.65. The average Bonchev–Trinajstić information content (AvgIpc) is 2.87. The van der Waals surface area contributed by atoms with E-state index >= 15 is 0 Å². The van der Waals surface area contributed by atoms with E-state index in [0.29, 0.717) is 29.8 Å². The van der Waals surface area contributed by atoms with Gasteiger partial charge in [0.2, 0.25) is 0 Å². The van der Waals surface area contributed by atoms with Gasteiger partial charge in [0.25, 0.3) is 0 Å². The van der Waals surface area contributed by atoms with Gasteiger partial charge >= 0.3 is 0 Å². The van der Waals surface area contributed by atoms with Gasteiger partial charge in [0.1, 0.15) is 5.78 Å². The van der Waals surface area contributed by atoms with Crippen molar-refractivity contribution in [1.29, 1.82) is 5.26 Å². The van der Waals surface area contributed by atoms with Gasteiger partial charge in [-0.3, -0.25) is 9.59 Å². The summed E-state index contributed by atoms with van der Waals surface area (Å²) in [4.78, 5) is 24.4. The first-order valence-electron chi connectivity index (χ1n) is 9.03. The summed E-state index contributed by atoms with van der Waals surface area (Å²) in [5, 5.41) is 9.32. The molecule has 2 fully saturated rings. The lowest BCUT2D eigenvalue weighted by Gasteiger charge is -2.49. The van der Waals surface area contributed by atoms with Crippen molar-refractivity contribution in [3.8, 4) is 6.07 Å². The van der Waals surface area contributed by atoms with Gasteiger partial charge in [0.05, 0.1) is 11.8 Å². The fraction of sp³-hybridized carbons (Fsp3) is 0.650. The summed E-state index contributed by atoms with van der Waals surface area (Å²) < 4.78 is 0. The second kappa shape index (κ2) is 5.88. The van der Waals surface area contributed by atoms with E-state index < -0.39 is 0 Å². The minimum Gasteiger partial charge on any atom is -0.299 e. The van der Waals surface area contributed by atoms with Crippen molar-refractivity contribution >= 4 is 23.3 Å². The third kappa shape index (κ3) is 2.32. The van der Waals surface area contributed by atoms with Gasteiger partial charge in [-0.2, -0.15) is 5.26 Å². The van der Waals surface area contributed by atoms with Gasteiger partial charge in [-0.15, -0.1) is 11.8 Å². The van der Waals surface area contributed by atoms with Crippen LogP contribution >= 0.6 is 11.8 Å². The highest BCUT2D eigenvalue weighted by Crippen LogP contribution is 2.60. The van der Waals surface area contributed by atoms with Crippen LogP contribution in [0.4, 0.5) is 0 Å². The lowest BCUT2D eigenvalue weighted by atomic mass is 9.57. The van der Waals surface area contributed by atoms with Crippen LogP contribution in [0.15, 0.2) is 22.8 Å². The number of nitrogens with zero attached hydrogens (tertiary/aromatic N) is 1. The lowest BCUT2D eigenvalue weighted by Crippen LogP contribution is -2.45. The predicted octanol–water partition coefficient (Wildman–Crippen LogP) is 4.00. The summed E-state index contributed by atoms with van der Waals surface area (Å²) in [7, 11) is 0. The second-order valence-electron chi connectivity index (χ2n) is 7.86. The zero-order chi connectivity index (χ0) is 16.9. The molecule has 126 valence electrons. The van der Waals surface area contributed by atoms with E-state index in [9.17, 15) is 9.59 Å². The smallest absolute Gasteiger partial charge is 0.156 e. The molecule has 4 atom stereocenters. The topological polar surface area (TPSA) is 57.9 Å². The maximum Gasteiger partial charge on any atom is 0.156 e. The number of thioether (sulfide) groups is 1. The standard InChI is InChI=1S/C20H23NO2S/c1-20-11-17(24-9-8-21)19-14-5-3-13(22)10-12(14)2-4-15(19)16(20)6-7-18(20)23/h10,15-17H,2-7,9,11H2,1H3/t15-,16-,17-,20-/m0/s1. The van der Waals surface area contributed by atoms with E-state index in [1.165, 1.54) is 16.7 Å². The molecule has 4 aliphatic rings. The maximum absolute atomic E-state index is 12.6. The third-order valence-corrected chi connectivity index (χ3v) is 7.86. The minimum atomic E-state index is -0.201. The highest BCUT2D eigenvalue weighted by molar-refractivity contribution is 8.00. The Morgan fingerprint density at radius 1 is 1.25 bits per heavy atom. The largest absolute Gasteiger partial charge is 0.299 e. The number of hydrogen-bond donors (Lipinski definition) is 0. The van der Waals surface area contributed by atoms with Crippen molar-refractivity contribution in [2.75, 3.05) is 5.75 Å². The van der Waals surface area contributed by atoms with Gasteiger partial charge in [0, 0.05) is 23.5 Å². The molecular weight excluding hydrogens is 318 g/mol. The Labute approximate surface area is 147 Å². The van der Waals surface area contributed by atoms with E-state index in [2.05, 4.69) is 13.0 Å². The molecule has 0 aromatic carbocycles. The number of rotatable bonds is 2. The first kappa shape index (κ1) is 16.1. The summed E-state index contributed by atoms with van der Waals surface area (Å²) in [5.41, 5.74) is 3.95. The van der Waals surface area contributed by atoms with Crippen molar-refractivity contribution in [3.05, 3.63) is 22.8 Å². The first-order chi connectivity index (χ1) is 11.5. The van der Waals surface area contributed by atoms with Crippen LogP contribution in [0.3, 0.4) is 0 Å². The molecule has 3 nitrogen and oxygen atoms in total. The van der Waals surface area contributed by atoms with Crippen molar-refractivity contribution in [1.82, 2.24) is 0 Å². The van der Waals surface area contributed by atoms with Crippen molar-refractivity contribution in [2.45, 2.75) is 57.1 Å². The molecule has 4 heteroatoms. The molecule has 2 saturated carbocycles. The molecule has 0 aromatic heterocycles. The molecule has 0 amide bonds. The molecule has 0 N–H and O–H groups in total. The quantitative estimate of drug-likeness (QED) is 0.762. The monoisotopic (exact) mass is 341 g/mol. The number of nitriles is 1. The fourth-order valence-corrected chi connectivity index (χ4v) is 6.88. The molecule has 0 radical (unpaired) electrons. The normalized spacial score (nSPS) is 38.2. The van der Waals surface area contributed by atoms with Gasteiger partial charge in [-0.05, 0) is 61.2 Å². The van der Waals surface area contributed by atoms with E-state index in [1.807, 2.05) is 6.08 Å². The van der Waals surface area contributed by atoms with Crippen LogP contribution in [0.1, 0.15) is 51.9 Å². The average molecular weight is 341 g/mol. The highest BCUT2D eigenvalue weighted by atomic mass is 32.2. The van der Waals surface area contributed by atoms with Crippen molar-refractivity contribution < 1.29 is 9.59 Å². The Balaban J connectivity index is 1.80. The van der Waals surface area contributed by atoms with Gasteiger partial charge < -0.3 is 0 Å².